The molecular weight excluding hydrogens is 363 g/mol. The van der Waals surface area contributed by atoms with Gasteiger partial charge in [-0.05, 0) is 38.8 Å². The molecule has 27 heavy (non-hydrogen) atoms. The van der Waals surface area contributed by atoms with Crippen LogP contribution in [0.4, 0.5) is 18.9 Å². The first-order valence-corrected chi connectivity index (χ1v) is 8.76. The summed E-state index contributed by atoms with van der Waals surface area (Å²) in [5.41, 5.74) is -1.51. The number of halogens is 3. The van der Waals surface area contributed by atoms with Crippen LogP contribution in [0.1, 0.15) is 45.6 Å². The second-order valence-electron chi connectivity index (χ2n) is 5.57. The maximum atomic E-state index is 13.3. The van der Waals surface area contributed by atoms with Crippen LogP contribution in [-0.2, 0) is 25.2 Å². The van der Waals surface area contributed by atoms with Gasteiger partial charge in [-0.1, -0.05) is 25.5 Å². The van der Waals surface area contributed by atoms with Crippen molar-refractivity contribution < 1.29 is 32.2 Å². The first-order valence-electron chi connectivity index (χ1n) is 8.76. The van der Waals surface area contributed by atoms with Crippen molar-refractivity contribution in [2.75, 3.05) is 18.5 Å². The number of hydrogen-bond donors (Lipinski definition) is 1. The van der Waals surface area contributed by atoms with Gasteiger partial charge in [-0.3, -0.25) is 0 Å². The van der Waals surface area contributed by atoms with Crippen molar-refractivity contribution in [2.45, 2.75) is 46.2 Å². The van der Waals surface area contributed by atoms with E-state index in [0.29, 0.717) is 12.8 Å². The Morgan fingerprint density at radius 2 is 1.56 bits per heavy atom. The number of carbonyl (C=O) groups excluding carboxylic acids is 2. The van der Waals surface area contributed by atoms with Crippen LogP contribution in [0.3, 0.4) is 0 Å². The summed E-state index contributed by atoms with van der Waals surface area (Å²) >= 11 is 0. The van der Waals surface area contributed by atoms with Gasteiger partial charge in [0.2, 0.25) is 0 Å². The zero-order valence-electron chi connectivity index (χ0n) is 15.6. The Balaban J connectivity index is 3.46. The minimum atomic E-state index is -4.59. The quantitative estimate of drug-likeness (QED) is 0.288. The lowest BCUT2D eigenvalue weighted by Crippen LogP contribution is -2.23. The van der Waals surface area contributed by atoms with E-state index in [2.05, 4.69) is 5.32 Å². The molecule has 0 amide bonds. The van der Waals surface area contributed by atoms with Crippen LogP contribution in [0.25, 0.3) is 0 Å². The Labute approximate surface area is 156 Å². The Morgan fingerprint density at radius 3 is 2.04 bits per heavy atom. The molecule has 150 valence electrons. The number of anilines is 1. The van der Waals surface area contributed by atoms with Crippen LogP contribution in [0.15, 0.2) is 35.5 Å². The molecule has 1 aromatic rings. The van der Waals surface area contributed by atoms with Crippen molar-refractivity contribution in [3.8, 4) is 0 Å². The molecule has 0 radical (unpaired) electrons. The number of rotatable bonds is 9. The molecule has 0 aromatic heterocycles. The molecule has 0 aliphatic heterocycles. The lowest BCUT2D eigenvalue weighted by molar-refractivity contribution is -0.146. The summed E-state index contributed by atoms with van der Waals surface area (Å²) in [6.45, 7) is 5.05. The van der Waals surface area contributed by atoms with Crippen LogP contribution < -0.4 is 5.32 Å². The van der Waals surface area contributed by atoms with E-state index in [1.54, 1.807) is 13.8 Å². The van der Waals surface area contributed by atoms with Gasteiger partial charge >= 0.3 is 18.1 Å². The van der Waals surface area contributed by atoms with Crippen LogP contribution in [0.5, 0.6) is 0 Å². The number of esters is 2. The minimum Gasteiger partial charge on any atom is -0.462 e. The van der Waals surface area contributed by atoms with Crippen LogP contribution in [0.2, 0.25) is 0 Å². The van der Waals surface area contributed by atoms with Gasteiger partial charge < -0.3 is 14.8 Å². The fourth-order valence-corrected chi connectivity index (χ4v) is 2.34. The maximum absolute atomic E-state index is 13.3. The number of benzene rings is 1. The summed E-state index contributed by atoms with van der Waals surface area (Å²) in [7, 11) is 0. The molecule has 1 N–H and O–H groups in total. The Bertz CT molecular complexity index is 664. The highest BCUT2D eigenvalue weighted by Crippen LogP contribution is 2.35. The van der Waals surface area contributed by atoms with Gasteiger partial charge in [0.25, 0.3) is 0 Å². The van der Waals surface area contributed by atoms with Crippen molar-refractivity contribution in [3.05, 3.63) is 41.1 Å². The number of ether oxygens (including phenoxy) is 2. The zero-order valence-corrected chi connectivity index (χ0v) is 15.6. The molecule has 0 heterocycles. The molecule has 8 heteroatoms. The largest absolute Gasteiger partial charge is 0.462 e. The predicted molar refractivity (Wildman–Crippen MR) is 94.9 cm³/mol. The average Bonchev–Trinajstić information content (AvgIpc) is 2.59. The average molecular weight is 387 g/mol. The molecular formula is C19H24F3NO4. The van der Waals surface area contributed by atoms with E-state index in [0.717, 1.165) is 6.07 Å². The highest BCUT2D eigenvalue weighted by molar-refractivity contribution is 6.15. The fraction of sp³-hybridized carbons (Fsp3) is 0.474. The topological polar surface area (TPSA) is 64.6 Å². The van der Waals surface area contributed by atoms with E-state index >= 15 is 0 Å². The van der Waals surface area contributed by atoms with Crippen molar-refractivity contribution in [1.82, 2.24) is 0 Å². The van der Waals surface area contributed by atoms with Crippen molar-refractivity contribution >= 4 is 17.6 Å². The van der Waals surface area contributed by atoms with Gasteiger partial charge in [0.1, 0.15) is 0 Å². The van der Waals surface area contributed by atoms with Crippen molar-refractivity contribution in [3.63, 3.8) is 0 Å². The van der Waals surface area contributed by atoms with E-state index in [4.69, 9.17) is 9.47 Å². The molecule has 0 spiro atoms. The molecule has 0 unspecified atom stereocenters. The number of nitrogens with one attached hydrogen (secondary N) is 1. The van der Waals surface area contributed by atoms with E-state index in [1.165, 1.54) is 18.2 Å². The van der Waals surface area contributed by atoms with E-state index in [1.807, 2.05) is 6.92 Å². The SMILES string of the molecule is CCCCC(Nc1ccccc1C(F)(F)F)=C(C(=O)OCC)C(=O)OCC. The second kappa shape index (κ2) is 10.6. The Hall–Kier alpha value is -2.51. The highest BCUT2D eigenvalue weighted by Gasteiger charge is 2.34. The molecule has 0 aliphatic carbocycles. The van der Waals surface area contributed by atoms with E-state index in [9.17, 15) is 22.8 Å². The minimum absolute atomic E-state index is 0.0158. The van der Waals surface area contributed by atoms with Gasteiger partial charge in [0, 0.05) is 5.70 Å². The lowest BCUT2D eigenvalue weighted by Gasteiger charge is -2.19. The van der Waals surface area contributed by atoms with Gasteiger partial charge in [-0.2, -0.15) is 13.2 Å². The molecule has 0 atom stereocenters. The summed E-state index contributed by atoms with van der Waals surface area (Å²) < 4.78 is 49.6. The number of unbranched alkanes of at least 4 members (excludes halogenated alkanes) is 1. The number of hydrogen-bond acceptors (Lipinski definition) is 5. The summed E-state index contributed by atoms with van der Waals surface area (Å²) in [5, 5.41) is 2.63. The zero-order chi connectivity index (χ0) is 20.4. The summed E-state index contributed by atoms with van der Waals surface area (Å²) in [6.07, 6.45) is -3.13. The first kappa shape index (κ1) is 22.5. The first-order chi connectivity index (χ1) is 12.8. The monoisotopic (exact) mass is 387 g/mol. The van der Waals surface area contributed by atoms with Crippen molar-refractivity contribution in [2.24, 2.45) is 0 Å². The van der Waals surface area contributed by atoms with Gasteiger partial charge in [-0.25, -0.2) is 9.59 Å². The molecule has 0 aliphatic rings. The standard InChI is InChI=1S/C19H24F3NO4/c1-4-7-11-15(16(17(24)26-5-2)18(25)27-6-3)23-14-12-9-8-10-13(14)19(20,21)22/h8-10,12,23H,4-7,11H2,1-3H3. The molecule has 1 rings (SSSR count). The van der Waals surface area contributed by atoms with E-state index in [-0.39, 0.29) is 31.0 Å². The number of para-hydroxylation sites is 1. The molecule has 0 fully saturated rings. The molecule has 5 nitrogen and oxygen atoms in total. The summed E-state index contributed by atoms with van der Waals surface area (Å²) in [4.78, 5) is 24.6. The highest BCUT2D eigenvalue weighted by atomic mass is 19.4. The van der Waals surface area contributed by atoms with E-state index < -0.39 is 29.3 Å². The molecule has 1 aromatic carbocycles. The smallest absolute Gasteiger partial charge is 0.418 e. The third kappa shape index (κ3) is 6.62. The number of alkyl halides is 3. The van der Waals surface area contributed by atoms with Crippen LogP contribution in [-0.4, -0.2) is 25.2 Å². The lowest BCUT2D eigenvalue weighted by atomic mass is 10.1. The van der Waals surface area contributed by atoms with Crippen LogP contribution in [0, 0.1) is 0 Å². The molecule has 0 bridgehead atoms. The maximum Gasteiger partial charge on any atom is 0.418 e. The fourth-order valence-electron chi connectivity index (χ4n) is 2.34. The van der Waals surface area contributed by atoms with Gasteiger partial charge in [0.15, 0.2) is 5.57 Å². The third-order valence-corrected chi connectivity index (χ3v) is 3.56. The number of carbonyl (C=O) groups is 2. The Kier molecular flexibility index (Phi) is 8.84. The molecule has 0 saturated carbocycles. The van der Waals surface area contributed by atoms with Gasteiger partial charge in [-0.15, -0.1) is 0 Å². The summed E-state index contributed by atoms with van der Waals surface area (Å²) in [6, 6.07) is 4.86. The van der Waals surface area contributed by atoms with Gasteiger partial charge in [0.05, 0.1) is 24.5 Å². The number of allylic oxidation sites excluding steroid dienone is 1. The predicted octanol–water partition coefficient (Wildman–Crippen LogP) is 4.69. The third-order valence-electron chi connectivity index (χ3n) is 3.56. The summed E-state index contributed by atoms with van der Waals surface area (Å²) in [5.74, 6) is -1.86. The second-order valence-corrected chi connectivity index (χ2v) is 5.57. The Morgan fingerprint density at radius 1 is 1.00 bits per heavy atom. The molecule has 0 saturated heterocycles. The normalized spacial score (nSPS) is 10.9. The van der Waals surface area contributed by atoms with Crippen LogP contribution >= 0.6 is 0 Å². The van der Waals surface area contributed by atoms with Crippen molar-refractivity contribution in [1.29, 1.82) is 0 Å².